The molecule has 2 rings (SSSR count). The van der Waals surface area contributed by atoms with Crippen molar-refractivity contribution in [1.29, 1.82) is 0 Å². The minimum Gasteiger partial charge on any atom is -0.464 e. The van der Waals surface area contributed by atoms with Crippen LogP contribution in [-0.2, 0) is 9.53 Å². The van der Waals surface area contributed by atoms with Crippen molar-refractivity contribution in [2.45, 2.75) is 52.0 Å². The van der Waals surface area contributed by atoms with Gasteiger partial charge in [0.05, 0.1) is 6.61 Å². The lowest BCUT2D eigenvalue weighted by molar-refractivity contribution is -0.151. The monoisotopic (exact) mass is 275 g/mol. The molecule has 0 aliphatic heterocycles. The quantitative estimate of drug-likeness (QED) is 0.844. The molecule has 1 N–H and O–H groups in total. The summed E-state index contributed by atoms with van der Waals surface area (Å²) in [5, 5.41) is 3.46. The Bertz CT molecular complexity index is 455. The van der Waals surface area contributed by atoms with Crippen LogP contribution in [-0.4, -0.2) is 18.1 Å². The Hall–Kier alpha value is -1.51. The molecule has 0 radical (unpaired) electrons. The van der Waals surface area contributed by atoms with Crippen LogP contribution >= 0.6 is 0 Å². The molecule has 1 aliphatic rings. The van der Waals surface area contributed by atoms with Crippen LogP contribution in [0.5, 0.6) is 0 Å². The predicted octanol–water partition coefficient (Wildman–Crippen LogP) is 4.00. The molecule has 1 unspecified atom stereocenters. The van der Waals surface area contributed by atoms with E-state index in [4.69, 9.17) is 4.74 Å². The van der Waals surface area contributed by atoms with Crippen LogP contribution in [0.15, 0.2) is 30.3 Å². The zero-order valence-corrected chi connectivity index (χ0v) is 12.7. The summed E-state index contributed by atoms with van der Waals surface area (Å²) in [6.07, 6.45) is 3.86. The van der Waals surface area contributed by atoms with E-state index in [1.54, 1.807) is 0 Å². The lowest BCUT2D eigenvalue weighted by Gasteiger charge is -2.44. The number of hydrogen-bond donors (Lipinski definition) is 1. The number of carbonyl (C=O) groups is 1. The average molecular weight is 275 g/mol. The second-order valence-corrected chi connectivity index (χ2v) is 6.49. The Labute approximate surface area is 121 Å². The molecule has 0 heterocycles. The molecule has 0 aromatic heterocycles. The summed E-state index contributed by atoms with van der Waals surface area (Å²) in [6.45, 7) is 6.75. The summed E-state index contributed by atoms with van der Waals surface area (Å²) in [7, 11) is 0. The Balaban J connectivity index is 2.26. The molecule has 1 aliphatic carbocycles. The molecule has 110 valence electrons. The highest BCUT2D eigenvalue weighted by molar-refractivity contribution is 5.85. The molecule has 1 aromatic carbocycles. The van der Waals surface area contributed by atoms with Crippen LogP contribution < -0.4 is 5.32 Å². The van der Waals surface area contributed by atoms with Crippen LogP contribution in [0.4, 0.5) is 5.69 Å². The highest BCUT2D eigenvalue weighted by Gasteiger charge is 2.46. The summed E-state index contributed by atoms with van der Waals surface area (Å²) < 4.78 is 5.35. The Morgan fingerprint density at radius 1 is 1.25 bits per heavy atom. The third kappa shape index (κ3) is 3.33. The summed E-state index contributed by atoms with van der Waals surface area (Å²) >= 11 is 0. The molecular formula is C17H25NO2. The van der Waals surface area contributed by atoms with Crippen LogP contribution in [0.1, 0.15) is 46.5 Å². The number of carbonyl (C=O) groups excluding carboxylic acids is 1. The van der Waals surface area contributed by atoms with E-state index in [1.807, 2.05) is 37.3 Å². The zero-order chi connectivity index (χ0) is 14.6. The van der Waals surface area contributed by atoms with Crippen LogP contribution in [0, 0.1) is 5.41 Å². The predicted molar refractivity (Wildman–Crippen MR) is 81.7 cm³/mol. The highest BCUT2D eigenvalue weighted by atomic mass is 16.5. The number of hydrogen-bond acceptors (Lipinski definition) is 3. The first kappa shape index (κ1) is 14.9. The van der Waals surface area contributed by atoms with Crippen molar-refractivity contribution in [3.63, 3.8) is 0 Å². The maximum Gasteiger partial charge on any atom is 0.331 e. The average Bonchev–Trinajstić information content (AvgIpc) is 2.39. The first-order valence-corrected chi connectivity index (χ1v) is 7.48. The molecular weight excluding hydrogens is 250 g/mol. The van der Waals surface area contributed by atoms with Gasteiger partial charge in [-0.15, -0.1) is 0 Å². The number of benzene rings is 1. The maximum absolute atomic E-state index is 12.5. The van der Waals surface area contributed by atoms with Gasteiger partial charge in [-0.2, -0.15) is 0 Å². The highest BCUT2D eigenvalue weighted by Crippen LogP contribution is 2.43. The van der Waals surface area contributed by atoms with Gasteiger partial charge in [-0.3, -0.25) is 0 Å². The molecule has 3 heteroatoms. The first-order chi connectivity index (χ1) is 9.47. The van der Waals surface area contributed by atoms with E-state index in [9.17, 15) is 4.79 Å². The molecule has 3 nitrogen and oxygen atoms in total. The molecule has 1 fully saturated rings. The Kier molecular flexibility index (Phi) is 4.36. The maximum atomic E-state index is 12.5. The Morgan fingerprint density at radius 2 is 1.95 bits per heavy atom. The number of ether oxygens (including phenoxy) is 1. The van der Waals surface area contributed by atoms with E-state index in [0.717, 1.165) is 31.4 Å². The third-order valence-corrected chi connectivity index (χ3v) is 4.06. The number of anilines is 1. The minimum atomic E-state index is -0.584. The summed E-state index contributed by atoms with van der Waals surface area (Å²) in [5.74, 6) is -0.114. The smallest absolute Gasteiger partial charge is 0.331 e. The van der Waals surface area contributed by atoms with Crippen LogP contribution in [0.3, 0.4) is 0 Å². The van der Waals surface area contributed by atoms with Gasteiger partial charge in [0.25, 0.3) is 0 Å². The van der Waals surface area contributed by atoms with Gasteiger partial charge in [-0.1, -0.05) is 32.0 Å². The summed E-state index contributed by atoms with van der Waals surface area (Å²) in [4.78, 5) is 12.5. The SMILES string of the molecule is CCOC(=O)C1(Nc2ccccc2)CCCC(C)(C)C1. The van der Waals surface area contributed by atoms with E-state index in [0.29, 0.717) is 6.61 Å². The van der Waals surface area contributed by atoms with Crippen molar-refractivity contribution in [2.24, 2.45) is 5.41 Å². The molecule has 1 atom stereocenters. The normalized spacial score (nSPS) is 24.9. The second kappa shape index (κ2) is 5.86. The fourth-order valence-electron chi connectivity index (χ4n) is 3.26. The van der Waals surface area contributed by atoms with Crippen LogP contribution in [0.25, 0.3) is 0 Å². The molecule has 0 saturated heterocycles. The number of rotatable bonds is 4. The van der Waals surface area contributed by atoms with E-state index in [2.05, 4.69) is 19.2 Å². The standard InChI is InChI=1S/C17H25NO2/c1-4-20-15(19)17(12-8-11-16(2,3)13-17)18-14-9-6-5-7-10-14/h5-7,9-10,18H,4,8,11-13H2,1-3H3. The third-order valence-electron chi connectivity index (χ3n) is 4.06. The molecule has 0 bridgehead atoms. The second-order valence-electron chi connectivity index (χ2n) is 6.49. The first-order valence-electron chi connectivity index (χ1n) is 7.48. The Morgan fingerprint density at radius 3 is 2.55 bits per heavy atom. The van der Waals surface area contributed by atoms with Crippen molar-refractivity contribution in [2.75, 3.05) is 11.9 Å². The number of esters is 1. The van der Waals surface area contributed by atoms with Gasteiger partial charge < -0.3 is 10.1 Å². The van der Waals surface area contributed by atoms with Gasteiger partial charge in [0.15, 0.2) is 0 Å². The summed E-state index contributed by atoms with van der Waals surface area (Å²) in [5.41, 5.74) is 0.560. The van der Waals surface area contributed by atoms with E-state index >= 15 is 0 Å². The van der Waals surface area contributed by atoms with Gasteiger partial charge in [0, 0.05) is 5.69 Å². The van der Waals surface area contributed by atoms with Gasteiger partial charge in [-0.25, -0.2) is 4.79 Å². The van der Waals surface area contributed by atoms with Crippen molar-refractivity contribution in [3.05, 3.63) is 30.3 Å². The minimum absolute atomic E-state index is 0.114. The van der Waals surface area contributed by atoms with Gasteiger partial charge in [-0.05, 0) is 50.2 Å². The van der Waals surface area contributed by atoms with E-state index < -0.39 is 5.54 Å². The molecule has 0 amide bonds. The van der Waals surface area contributed by atoms with E-state index in [1.165, 1.54) is 0 Å². The van der Waals surface area contributed by atoms with Crippen LogP contribution in [0.2, 0.25) is 0 Å². The fraction of sp³-hybridized carbons (Fsp3) is 0.588. The van der Waals surface area contributed by atoms with E-state index in [-0.39, 0.29) is 11.4 Å². The lowest BCUT2D eigenvalue weighted by atomic mass is 9.68. The van der Waals surface area contributed by atoms with Gasteiger partial charge in [0.1, 0.15) is 5.54 Å². The van der Waals surface area contributed by atoms with Gasteiger partial charge >= 0.3 is 5.97 Å². The molecule has 1 saturated carbocycles. The van der Waals surface area contributed by atoms with Crippen molar-refractivity contribution in [1.82, 2.24) is 0 Å². The molecule has 0 spiro atoms. The lowest BCUT2D eigenvalue weighted by Crippen LogP contribution is -2.52. The van der Waals surface area contributed by atoms with Crippen molar-refractivity contribution < 1.29 is 9.53 Å². The molecule has 1 aromatic rings. The number of nitrogens with one attached hydrogen (secondary N) is 1. The topological polar surface area (TPSA) is 38.3 Å². The van der Waals surface area contributed by atoms with Crippen molar-refractivity contribution in [3.8, 4) is 0 Å². The van der Waals surface area contributed by atoms with Crippen molar-refractivity contribution >= 4 is 11.7 Å². The molecule has 20 heavy (non-hydrogen) atoms. The fourth-order valence-corrected chi connectivity index (χ4v) is 3.26. The summed E-state index contributed by atoms with van der Waals surface area (Å²) in [6, 6.07) is 9.95. The largest absolute Gasteiger partial charge is 0.464 e. The van der Waals surface area contributed by atoms with Gasteiger partial charge in [0.2, 0.25) is 0 Å². The number of para-hydroxylation sites is 1. The zero-order valence-electron chi connectivity index (χ0n) is 12.7.